The average molecular weight is 483 g/mol. The van der Waals surface area contributed by atoms with Crippen molar-refractivity contribution in [3.63, 3.8) is 0 Å². The number of aliphatic carboxylic acids is 1. The van der Waals surface area contributed by atoms with E-state index in [1.807, 2.05) is 0 Å². The molecule has 1 aromatic carbocycles. The molecule has 0 aliphatic heterocycles. The second kappa shape index (κ2) is 13.5. The van der Waals surface area contributed by atoms with Crippen LogP contribution in [0.3, 0.4) is 0 Å². The summed E-state index contributed by atoms with van der Waals surface area (Å²) < 4.78 is 0. The van der Waals surface area contributed by atoms with Gasteiger partial charge < -0.3 is 42.1 Å². The Kier molecular flexibility index (Phi) is 11.4. The van der Waals surface area contributed by atoms with Crippen LogP contribution in [0, 0.1) is 5.92 Å². The number of benzene rings is 1. The molecule has 1 rings (SSSR count). The summed E-state index contributed by atoms with van der Waals surface area (Å²) in [5.41, 5.74) is 6.12. The Morgan fingerprint density at radius 2 is 1.50 bits per heavy atom. The van der Waals surface area contributed by atoms with Crippen molar-refractivity contribution in [3.8, 4) is 5.75 Å². The molecule has 12 heteroatoms. The first-order valence-corrected chi connectivity index (χ1v) is 10.9. The maximum atomic E-state index is 13.1. The van der Waals surface area contributed by atoms with E-state index >= 15 is 0 Å². The van der Waals surface area contributed by atoms with Crippen molar-refractivity contribution in [2.75, 3.05) is 6.61 Å². The summed E-state index contributed by atoms with van der Waals surface area (Å²) in [6.07, 6.45) is -0.943. The molecule has 0 saturated carbocycles. The highest BCUT2D eigenvalue weighted by atomic mass is 16.4. The zero-order valence-corrected chi connectivity index (χ0v) is 19.4. The molecule has 0 aromatic heterocycles. The zero-order valence-electron chi connectivity index (χ0n) is 19.4. The van der Waals surface area contributed by atoms with Crippen LogP contribution in [0.5, 0.6) is 5.75 Å². The Morgan fingerprint density at radius 3 is 1.97 bits per heavy atom. The van der Waals surface area contributed by atoms with E-state index in [2.05, 4.69) is 16.0 Å². The molecule has 0 aliphatic carbocycles. The molecule has 0 heterocycles. The van der Waals surface area contributed by atoms with Crippen molar-refractivity contribution in [3.05, 3.63) is 29.8 Å². The molecule has 0 bridgehead atoms. The molecular formula is C22H34N4O8. The quantitative estimate of drug-likeness (QED) is 0.159. The molecule has 6 atom stereocenters. The van der Waals surface area contributed by atoms with Crippen LogP contribution in [0.25, 0.3) is 0 Å². The molecule has 34 heavy (non-hydrogen) atoms. The van der Waals surface area contributed by atoms with Gasteiger partial charge in [-0.25, -0.2) is 4.79 Å². The number of amides is 3. The SMILES string of the molecule is CCC(C)C(NC(=O)C(Cc1ccc(O)cc1)NC(=O)C(N)CO)C(=O)NC(C(=O)O)C(C)O. The van der Waals surface area contributed by atoms with Gasteiger partial charge in [0.25, 0.3) is 0 Å². The van der Waals surface area contributed by atoms with Gasteiger partial charge in [0.05, 0.1) is 12.7 Å². The number of aliphatic hydroxyl groups excluding tert-OH is 2. The van der Waals surface area contributed by atoms with E-state index in [9.17, 15) is 34.5 Å². The highest BCUT2D eigenvalue weighted by Gasteiger charge is 2.34. The first-order chi connectivity index (χ1) is 15.9. The third-order valence-electron chi connectivity index (χ3n) is 5.38. The zero-order chi connectivity index (χ0) is 26.0. The summed E-state index contributed by atoms with van der Waals surface area (Å²) in [6.45, 7) is 4.02. The van der Waals surface area contributed by atoms with Crippen molar-refractivity contribution in [2.45, 2.75) is 63.9 Å². The Labute approximate surface area is 197 Å². The van der Waals surface area contributed by atoms with Crippen LogP contribution in [0.15, 0.2) is 24.3 Å². The molecule has 6 unspecified atom stereocenters. The lowest BCUT2D eigenvalue weighted by Crippen LogP contribution is -2.60. The molecule has 12 nitrogen and oxygen atoms in total. The third kappa shape index (κ3) is 8.61. The molecule has 0 spiro atoms. The van der Waals surface area contributed by atoms with Crippen LogP contribution in [-0.4, -0.2) is 81.0 Å². The molecule has 0 aliphatic rings. The minimum absolute atomic E-state index is 0.00990. The van der Waals surface area contributed by atoms with Gasteiger partial charge in [0.1, 0.15) is 23.9 Å². The molecule has 190 valence electrons. The number of nitrogens with one attached hydrogen (secondary N) is 3. The normalized spacial score (nSPS) is 16.3. The predicted octanol–water partition coefficient (Wildman–Crippen LogP) is -1.78. The number of carboxylic acids is 1. The van der Waals surface area contributed by atoms with Gasteiger partial charge in [0, 0.05) is 6.42 Å². The largest absolute Gasteiger partial charge is 0.508 e. The van der Waals surface area contributed by atoms with Crippen LogP contribution in [0.4, 0.5) is 0 Å². The number of nitrogens with two attached hydrogens (primary N) is 1. The van der Waals surface area contributed by atoms with Gasteiger partial charge in [-0.2, -0.15) is 0 Å². The third-order valence-corrected chi connectivity index (χ3v) is 5.38. The van der Waals surface area contributed by atoms with Crippen molar-refractivity contribution < 1.29 is 39.6 Å². The maximum absolute atomic E-state index is 13.1. The number of carbonyl (C=O) groups excluding carboxylic acids is 3. The van der Waals surface area contributed by atoms with Crippen molar-refractivity contribution in [2.24, 2.45) is 11.7 Å². The Hall–Kier alpha value is -3.22. The van der Waals surface area contributed by atoms with E-state index in [0.29, 0.717) is 12.0 Å². The summed E-state index contributed by atoms with van der Waals surface area (Å²) in [5.74, 6) is -4.18. The lowest BCUT2D eigenvalue weighted by molar-refractivity contribution is -0.145. The van der Waals surface area contributed by atoms with Gasteiger partial charge in [-0.05, 0) is 30.5 Å². The number of phenolic OH excluding ortho intramolecular Hbond substituents is 1. The minimum Gasteiger partial charge on any atom is -0.508 e. The smallest absolute Gasteiger partial charge is 0.328 e. The first kappa shape index (κ1) is 28.8. The molecule has 9 N–H and O–H groups in total. The van der Waals surface area contributed by atoms with E-state index in [1.165, 1.54) is 19.1 Å². The fourth-order valence-electron chi connectivity index (χ4n) is 3.03. The fourth-order valence-corrected chi connectivity index (χ4v) is 3.03. The van der Waals surface area contributed by atoms with Crippen LogP contribution in [-0.2, 0) is 25.6 Å². The van der Waals surface area contributed by atoms with Crippen LogP contribution in [0.1, 0.15) is 32.8 Å². The van der Waals surface area contributed by atoms with Crippen LogP contribution in [0.2, 0.25) is 0 Å². The summed E-state index contributed by atoms with van der Waals surface area (Å²) in [6, 6.07) is 0.702. The summed E-state index contributed by atoms with van der Waals surface area (Å²) >= 11 is 0. The summed E-state index contributed by atoms with van der Waals surface area (Å²) in [7, 11) is 0. The number of aliphatic hydroxyl groups is 2. The Balaban J connectivity index is 3.14. The van der Waals surface area contributed by atoms with E-state index in [4.69, 9.17) is 10.8 Å². The second-order valence-electron chi connectivity index (χ2n) is 8.16. The number of hydrogen-bond donors (Lipinski definition) is 8. The number of rotatable bonds is 13. The fraction of sp³-hybridized carbons (Fsp3) is 0.545. The molecule has 0 radical (unpaired) electrons. The number of carboxylic acid groups (broad SMARTS) is 1. The number of carbonyl (C=O) groups is 4. The van der Waals surface area contributed by atoms with E-state index in [0.717, 1.165) is 0 Å². The molecule has 0 fully saturated rings. The molecule has 1 aromatic rings. The number of aromatic hydroxyl groups is 1. The first-order valence-electron chi connectivity index (χ1n) is 10.9. The lowest BCUT2D eigenvalue weighted by atomic mass is 9.96. The number of phenols is 1. The van der Waals surface area contributed by atoms with E-state index in [-0.39, 0.29) is 12.2 Å². The van der Waals surface area contributed by atoms with E-state index in [1.54, 1.807) is 26.0 Å². The highest BCUT2D eigenvalue weighted by Crippen LogP contribution is 2.13. The van der Waals surface area contributed by atoms with Gasteiger partial charge in [-0.1, -0.05) is 32.4 Å². The van der Waals surface area contributed by atoms with Gasteiger partial charge in [0.2, 0.25) is 17.7 Å². The molecule has 3 amide bonds. The van der Waals surface area contributed by atoms with Crippen molar-refractivity contribution in [1.82, 2.24) is 16.0 Å². The maximum Gasteiger partial charge on any atom is 0.328 e. The standard InChI is InChI=1S/C22H34N4O8/c1-4-11(2)17(21(32)26-18(12(3)28)22(33)34)25-20(31)16(24-19(30)15(23)10-27)9-13-5-7-14(29)8-6-13/h5-8,11-12,15-18,27-29H,4,9-10,23H2,1-3H3,(H,24,30)(H,25,31)(H,26,32)(H,33,34). The Morgan fingerprint density at radius 1 is 0.941 bits per heavy atom. The van der Waals surface area contributed by atoms with Gasteiger partial charge >= 0.3 is 5.97 Å². The van der Waals surface area contributed by atoms with E-state index < -0.39 is 66.5 Å². The summed E-state index contributed by atoms with van der Waals surface area (Å²) in [5, 5.41) is 44.7. The molecular weight excluding hydrogens is 448 g/mol. The molecule has 0 saturated heterocycles. The van der Waals surface area contributed by atoms with Gasteiger partial charge in [0.15, 0.2) is 6.04 Å². The monoisotopic (exact) mass is 482 g/mol. The van der Waals surface area contributed by atoms with Crippen LogP contribution >= 0.6 is 0 Å². The predicted molar refractivity (Wildman–Crippen MR) is 121 cm³/mol. The average Bonchev–Trinajstić information content (AvgIpc) is 2.79. The number of hydrogen-bond acceptors (Lipinski definition) is 8. The van der Waals surface area contributed by atoms with Gasteiger partial charge in [-0.3, -0.25) is 14.4 Å². The lowest BCUT2D eigenvalue weighted by Gasteiger charge is -2.28. The Bertz CT molecular complexity index is 846. The van der Waals surface area contributed by atoms with Crippen molar-refractivity contribution in [1.29, 1.82) is 0 Å². The minimum atomic E-state index is -1.58. The topological polar surface area (TPSA) is 211 Å². The van der Waals surface area contributed by atoms with Crippen molar-refractivity contribution >= 4 is 23.7 Å². The summed E-state index contributed by atoms with van der Waals surface area (Å²) in [4.78, 5) is 49.6. The van der Waals surface area contributed by atoms with Crippen LogP contribution < -0.4 is 21.7 Å². The second-order valence-corrected chi connectivity index (χ2v) is 8.16. The van der Waals surface area contributed by atoms with Gasteiger partial charge in [-0.15, -0.1) is 0 Å². The highest BCUT2D eigenvalue weighted by molar-refractivity contribution is 5.94.